The van der Waals surface area contributed by atoms with E-state index in [1.165, 1.54) is 23.1 Å². The number of hydrogen-bond donors (Lipinski definition) is 1. The van der Waals surface area contributed by atoms with Crippen molar-refractivity contribution in [2.45, 2.75) is 52.0 Å². The van der Waals surface area contributed by atoms with Gasteiger partial charge in [0, 0.05) is 10.3 Å². The number of nitrogens with zero attached hydrogens (tertiary/aromatic N) is 2. The minimum Gasteiger partial charge on any atom is -0.465 e. The second-order valence-corrected chi connectivity index (χ2v) is 9.73. The molecule has 1 amide bonds. The molecule has 2 heterocycles. The molecular weight excluding hydrogens is 470 g/mol. The van der Waals surface area contributed by atoms with Crippen molar-refractivity contribution in [2.24, 2.45) is 0 Å². The molecule has 0 saturated heterocycles. The second-order valence-electron chi connectivity index (χ2n) is 8.62. The van der Waals surface area contributed by atoms with Crippen LogP contribution in [0.1, 0.15) is 70.4 Å². The summed E-state index contributed by atoms with van der Waals surface area (Å²) in [7, 11) is 1.31. The van der Waals surface area contributed by atoms with E-state index in [2.05, 4.69) is 10.4 Å². The highest BCUT2D eigenvalue weighted by atomic mass is 32.1. The van der Waals surface area contributed by atoms with E-state index in [1.807, 2.05) is 0 Å². The zero-order valence-corrected chi connectivity index (χ0v) is 20.7. The van der Waals surface area contributed by atoms with Gasteiger partial charge >= 0.3 is 11.9 Å². The molecule has 184 valence electrons. The zero-order valence-electron chi connectivity index (χ0n) is 19.9. The van der Waals surface area contributed by atoms with Gasteiger partial charge in [0.2, 0.25) is 0 Å². The molecule has 35 heavy (non-hydrogen) atoms. The smallest absolute Gasteiger partial charge is 0.359 e. The average Bonchev–Trinajstić information content (AvgIpc) is 3.02. The van der Waals surface area contributed by atoms with Crippen LogP contribution in [0.25, 0.3) is 10.8 Å². The molecule has 10 heteroatoms. The maximum Gasteiger partial charge on any atom is 0.359 e. The summed E-state index contributed by atoms with van der Waals surface area (Å²) in [6.45, 7) is 3.00. The highest BCUT2D eigenvalue weighted by Crippen LogP contribution is 2.37. The number of amides is 1. The van der Waals surface area contributed by atoms with Gasteiger partial charge in [-0.1, -0.05) is 24.6 Å². The van der Waals surface area contributed by atoms with E-state index in [-0.39, 0.29) is 17.3 Å². The Bertz CT molecular complexity index is 1360. The van der Waals surface area contributed by atoms with Crippen molar-refractivity contribution in [3.63, 3.8) is 0 Å². The number of methoxy groups -OCH3 is 1. The molecule has 1 N–H and O–H groups in total. The number of hydrogen-bond acceptors (Lipinski definition) is 8. The molecule has 2 aromatic heterocycles. The first-order valence-electron chi connectivity index (χ1n) is 11.5. The quantitative estimate of drug-likeness (QED) is 0.406. The lowest BCUT2D eigenvalue weighted by Crippen LogP contribution is -2.29. The summed E-state index contributed by atoms with van der Waals surface area (Å²) in [6, 6.07) is 6.37. The van der Waals surface area contributed by atoms with E-state index in [4.69, 9.17) is 9.47 Å². The van der Waals surface area contributed by atoms with Gasteiger partial charge in [-0.15, -0.1) is 11.3 Å². The number of anilines is 1. The lowest BCUT2D eigenvalue weighted by Gasteiger charge is -2.13. The van der Waals surface area contributed by atoms with Crippen molar-refractivity contribution >= 4 is 45.0 Å². The molecule has 0 aliphatic heterocycles. The van der Waals surface area contributed by atoms with Crippen molar-refractivity contribution in [2.75, 3.05) is 19.0 Å². The van der Waals surface area contributed by atoms with Gasteiger partial charge in [-0.3, -0.25) is 9.59 Å². The first kappa shape index (κ1) is 24.6. The molecule has 0 radical (unpaired) electrons. The summed E-state index contributed by atoms with van der Waals surface area (Å²) >= 11 is 1.36. The third-order valence-corrected chi connectivity index (χ3v) is 7.12. The predicted molar refractivity (Wildman–Crippen MR) is 132 cm³/mol. The monoisotopic (exact) mass is 497 g/mol. The third-order valence-electron chi connectivity index (χ3n) is 5.91. The minimum atomic E-state index is -0.819. The van der Waals surface area contributed by atoms with Gasteiger partial charge in [-0.25, -0.2) is 14.3 Å². The summed E-state index contributed by atoms with van der Waals surface area (Å²) in [5.74, 6) is -1.90. The van der Waals surface area contributed by atoms with Crippen LogP contribution in [-0.2, 0) is 27.1 Å². The molecule has 9 nitrogen and oxygen atoms in total. The Morgan fingerprint density at radius 2 is 1.80 bits per heavy atom. The van der Waals surface area contributed by atoms with Crippen LogP contribution in [0.3, 0.4) is 0 Å². The molecule has 1 aliphatic rings. The van der Waals surface area contributed by atoms with Gasteiger partial charge in [0.1, 0.15) is 5.00 Å². The predicted octanol–water partition coefficient (Wildman–Crippen LogP) is 3.89. The van der Waals surface area contributed by atoms with Crippen LogP contribution in [0, 0.1) is 0 Å². The van der Waals surface area contributed by atoms with Crippen molar-refractivity contribution in [1.29, 1.82) is 0 Å². The number of carbonyl (C=O) groups is 3. The molecular formula is C25H27N3O6S. The van der Waals surface area contributed by atoms with E-state index in [9.17, 15) is 19.2 Å². The van der Waals surface area contributed by atoms with Gasteiger partial charge in [0.25, 0.3) is 11.5 Å². The standard InChI is InChI=1S/C25H27N3O6S/c1-14(2)28-23(30)16-10-8-7-9-15(16)21(27-28)25(32)34-13-19(29)26-22-20(24(31)33-3)17-11-5-4-6-12-18(17)35-22/h7-10,14H,4-6,11-13H2,1-3H3,(H,26,29). The normalized spacial score (nSPS) is 13.3. The Kier molecular flexibility index (Phi) is 7.30. The van der Waals surface area contributed by atoms with Crippen LogP contribution in [0.2, 0.25) is 0 Å². The number of fused-ring (bicyclic) bond motifs is 2. The number of nitrogens with one attached hydrogen (secondary N) is 1. The van der Waals surface area contributed by atoms with Crippen LogP contribution in [0.15, 0.2) is 29.1 Å². The van der Waals surface area contributed by atoms with Gasteiger partial charge in [-0.2, -0.15) is 5.10 Å². The molecule has 0 unspecified atom stereocenters. The number of carbonyl (C=O) groups excluding carboxylic acids is 3. The first-order chi connectivity index (χ1) is 16.8. The fourth-order valence-electron chi connectivity index (χ4n) is 4.22. The molecule has 0 fully saturated rings. The van der Waals surface area contributed by atoms with E-state index in [1.54, 1.807) is 38.1 Å². The van der Waals surface area contributed by atoms with Crippen LogP contribution in [-0.4, -0.2) is 41.3 Å². The molecule has 1 aliphatic carbocycles. The van der Waals surface area contributed by atoms with Crippen molar-refractivity contribution < 1.29 is 23.9 Å². The van der Waals surface area contributed by atoms with E-state index in [0.717, 1.165) is 42.5 Å². The SMILES string of the molecule is COC(=O)c1c(NC(=O)COC(=O)c2nn(C(C)C)c(=O)c3ccccc23)sc2c1CCCCC2. The van der Waals surface area contributed by atoms with E-state index >= 15 is 0 Å². The van der Waals surface area contributed by atoms with Crippen LogP contribution >= 0.6 is 11.3 Å². The van der Waals surface area contributed by atoms with Crippen LogP contribution in [0.5, 0.6) is 0 Å². The highest BCUT2D eigenvalue weighted by Gasteiger charge is 2.27. The molecule has 0 bridgehead atoms. The number of esters is 2. The molecule has 3 aromatic rings. The zero-order chi connectivity index (χ0) is 25.1. The van der Waals surface area contributed by atoms with Crippen molar-refractivity contribution in [1.82, 2.24) is 9.78 Å². The maximum absolute atomic E-state index is 12.9. The summed E-state index contributed by atoms with van der Waals surface area (Å²) in [4.78, 5) is 51.8. The Morgan fingerprint density at radius 3 is 2.51 bits per heavy atom. The van der Waals surface area contributed by atoms with Crippen LogP contribution < -0.4 is 10.9 Å². The highest BCUT2D eigenvalue weighted by molar-refractivity contribution is 7.17. The molecule has 0 saturated carbocycles. The molecule has 0 spiro atoms. The maximum atomic E-state index is 12.9. The molecule has 0 atom stereocenters. The van der Waals surface area contributed by atoms with E-state index in [0.29, 0.717) is 21.3 Å². The largest absolute Gasteiger partial charge is 0.465 e. The Balaban J connectivity index is 1.54. The van der Waals surface area contributed by atoms with Crippen molar-refractivity contribution in [3.8, 4) is 0 Å². The summed E-state index contributed by atoms with van der Waals surface area (Å²) < 4.78 is 11.4. The Labute approximate surface area is 206 Å². The Morgan fingerprint density at radius 1 is 1.09 bits per heavy atom. The number of benzene rings is 1. The average molecular weight is 498 g/mol. The lowest BCUT2D eigenvalue weighted by atomic mass is 10.1. The van der Waals surface area contributed by atoms with E-state index < -0.39 is 24.5 Å². The van der Waals surface area contributed by atoms with Crippen molar-refractivity contribution in [3.05, 3.63) is 56.3 Å². The fraction of sp³-hybridized carbons (Fsp3) is 0.400. The summed E-state index contributed by atoms with van der Waals surface area (Å²) in [5, 5.41) is 8.02. The topological polar surface area (TPSA) is 117 Å². The number of rotatable bonds is 6. The number of aromatic nitrogens is 2. The molecule has 1 aromatic carbocycles. The fourth-order valence-corrected chi connectivity index (χ4v) is 5.51. The van der Waals surface area contributed by atoms with Gasteiger partial charge < -0.3 is 14.8 Å². The number of ether oxygens (including phenoxy) is 2. The van der Waals surface area contributed by atoms with Crippen LogP contribution in [0.4, 0.5) is 5.00 Å². The third kappa shape index (κ3) is 4.97. The lowest BCUT2D eigenvalue weighted by molar-refractivity contribution is -0.119. The summed E-state index contributed by atoms with van der Waals surface area (Å²) in [5.41, 5.74) is 0.960. The van der Waals surface area contributed by atoms with Gasteiger partial charge in [0.05, 0.1) is 24.1 Å². The summed E-state index contributed by atoms with van der Waals surface area (Å²) in [6.07, 6.45) is 4.69. The second kappa shape index (κ2) is 10.4. The Hall–Kier alpha value is -3.53. The number of aryl methyl sites for hydroxylation is 1. The van der Waals surface area contributed by atoms with Gasteiger partial charge in [-0.05, 0) is 51.2 Å². The molecule has 4 rings (SSSR count). The minimum absolute atomic E-state index is 0.0419. The van der Waals surface area contributed by atoms with Gasteiger partial charge in [0.15, 0.2) is 12.3 Å². The first-order valence-corrected chi connectivity index (χ1v) is 12.3. The number of thiophene rings is 1.